The van der Waals surface area contributed by atoms with Gasteiger partial charge >= 0.3 is 0 Å². The second kappa shape index (κ2) is 11.4. The maximum Gasteiger partial charge on any atom is 0.0963 e. The molecular weight excluding hydrogens is 609 g/mol. The quantitative estimate of drug-likeness (QED) is 0.188. The molecule has 0 saturated heterocycles. The van der Waals surface area contributed by atoms with Crippen LogP contribution < -0.4 is 0 Å². The topological polar surface area (TPSA) is 35.6 Å². The fourth-order valence-corrected chi connectivity index (χ4v) is 7.53. The van der Waals surface area contributed by atoms with Crippen molar-refractivity contribution in [3.05, 3.63) is 182 Å². The van der Waals surface area contributed by atoms with E-state index in [-0.39, 0.29) is 0 Å². The Bertz CT molecular complexity index is 2790. The van der Waals surface area contributed by atoms with E-state index < -0.39 is 0 Å². The van der Waals surface area contributed by atoms with Crippen molar-refractivity contribution in [1.29, 1.82) is 0 Å². The summed E-state index contributed by atoms with van der Waals surface area (Å²) in [5.41, 5.74) is 14.0. The molecule has 0 atom stereocenters. The number of benzene rings is 6. The van der Waals surface area contributed by atoms with Crippen LogP contribution in [0.5, 0.6) is 0 Å². The Labute approximate surface area is 289 Å². The van der Waals surface area contributed by atoms with Crippen molar-refractivity contribution in [2.24, 2.45) is 0 Å². The van der Waals surface area contributed by atoms with Crippen LogP contribution in [0.2, 0.25) is 0 Å². The van der Waals surface area contributed by atoms with Gasteiger partial charge in [-0.25, -0.2) is 4.98 Å². The molecule has 50 heavy (non-hydrogen) atoms. The highest BCUT2D eigenvalue weighted by atomic mass is 15.0. The molecule has 234 valence electrons. The molecule has 10 aromatic rings. The zero-order valence-electron chi connectivity index (χ0n) is 27.1. The Balaban J connectivity index is 1.27. The summed E-state index contributed by atoms with van der Waals surface area (Å²) in [7, 11) is 0. The fraction of sp³-hybridized carbons (Fsp3) is 0. The predicted molar refractivity (Wildman–Crippen MR) is 207 cm³/mol. The van der Waals surface area contributed by atoms with Gasteiger partial charge in [0.2, 0.25) is 0 Å². The average Bonchev–Trinajstić information content (AvgIpc) is 3.71. The number of hydrogen-bond donors (Lipinski definition) is 0. The molecule has 4 aromatic heterocycles. The van der Waals surface area contributed by atoms with Crippen molar-refractivity contribution in [1.82, 2.24) is 19.1 Å². The third kappa shape index (κ3) is 4.46. The second-order valence-corrected chi connectivity index (χ2v) is 12.7. The molecule has 10 rings (SSSR count). The molecule has 0 fully saturated rings. The summed E-state index contributed by atoms with van der Waals surface area (Å²) >= 11 is 0. The SMILES string of the molecule is c1ccc(-c2cc(-n3c4cc(-c5cccc6c7ccccc7n(-c7ccccc7)c56)ccc4c4ncccc43)cc(-c3ccccc3)n2)cc1. The van der Waals surface area contributed by atoms with E-state index in [2.05, 4.69) is 167 Å². The van der Waals surface area contributed by atoms with Crippen LogP contribution in [0.25, 0.3) is 88.8 Å². The van der Waals surface area contributed by atoms with E-state index in [1.54, 1.807) is 0 Å². The molecule has 4 heterocycles. The van der Waals surface area contributed by atoms with Gasteiger partial charge in [-0.2, -0.15) is 0 Å². The van der Waals surface area contributed by atoms with Crippen molar-refractivity contribution in [3.63, 3.8) is 0 Å². The summed E-state index contributed by atoms with van der Waals surface area (Å²) in [4.78, 5) is 10.1. The van der Waals surface area contributed by atoms with Crippen LogP contribution in [0.4, 0.5) is 0 Å². The first kappa shape index (κ1) is 28.3. The van der Waals surface area contributed by atoms with Gasteiger partial charge in [-0.05, 0) is 60.2 Å². The van der Waals surface area contributed by atoms with Crippen LogP contribution >= 0.6 is 0 Å². The van der Waals surface area contributed by atoms with Gasteiger partial charge in [0.1, 0.15) is 0 Å². The first-order valence-corrected chi connectivity index (χ1v) is 16.9. The summed E-state index contributed by atoms with van der Waals surface area (Å²) < 4.78 is 4.76. The Morgan fingerprint density at radius 3 is 1.76 bits per heavy atom. The molecule has 0 bridgehead atoms. The molecule has 4 heteroatoms. The van der Waals surface area contributed by atoms with E-state index in [9.17, 15) is 0 Å². The van der Waals surface area contributed by atoms with E-state index >= 15 is 0 Å². The smallest absolute Gasteiger partial charge is 0.0963 e. The molecule has 0 unspecified atom stereocenters. The molecule has 0 saturated carbocycles. The van der Waals surface area contributed by atoms with E-state index in [0.29, 0.717) is 0 Å². The van der Waals surface area contributed by atoms with Crippen LogP contribution in [0, 0.1) is 0 Å². The molecule has 6 aromatic carbocycles. The minimum atomic E-state index is 0.925. The number of hydrogen-bond acceptors (Lipinski definition) is 2. The Morgan fingerprint density at radius 2 is 1.02 bits per heavy atom. The number of nitrogens with zero attached hydrogens (tertiary/aromatic N) is 4. The average molecular weight is 639 g/mol. The van der Waals surface area contributed by atoms with Crippen LogP contribution in [-0.4, -0.2) is 19.1 Å². The number of rotatable bonds is 5. The van der Waals surface area contributed by atoms with Crippen molar-refractivity contribution in [2.45, 2.75) is 0 Å². The minimum absolute atomic E-state index is 0.925. The fourth-order valence-electron chi connectivity index (χ4n) is 7.53. The third-order valence-electron chi connectivity index (χ3n) is 9.75. The van der Waals surface area contributed by atoms with Gasteiger partial charge in [0.05, 0.1) is 44.7 Å². The predicted octanol–water partition coefficient (Wildman–Crippen LogP) is 11.7. The molecule has 0 aliphatic heterocycles. The highest BCUT2D eigenvalue weighted by Gasteiger charge is 2.20. The Kier molecular flexibility index (Phi) is 6.46. The van der Waals surface area contributed by atoms with E-state index in [1.807, 2.05) is 24.4 Å². The Hall–Kier alpha value is -6.78. The molecule has 0 N–H and O–H groups in total. The molecule has 0 aliphatic rings. The lowest BCUT2D eigenvalue weighted by Gasteiger charge is -2.14. The lowest BCUT2D eigenvalue weighted by Crippen LogP contribution is -1.99. The first-order valence-electron chi connectivity index (χ1n) is 16.9. The summed E-state index contributed by atoms with van der Waals surface area (Å²) in [6.07, 6.45) is 1.89. The van der Waals surface area contributed by atoms with E-state index in [4.69, 9.17) is 9.97 Å². The monoisotopic (exact) mass is 638 g/mol. The molecule has 0 radical (unpaired) electrons. The second-order valence-electron chi connectivity index (χ2n) is 12.7. The Morgan fingerprint density at radius 1 is 0.380 bits per heavy atom. The van der Waals surface area contributed by atoms with Gasteiger partial charge in [0, 0.05) is 44.7 Å². The number of fused-ring (bicyclic) bond motifs is 6. The van der Waals surface area contributed by atoms with Crippen LogP contribution in [0.3, 0.4) is 0 Å². The molecule has 0 amide bonds. The van der Waals surface area contributed by atoms with Gasteiger partial charge < -0.3 is 9.13 Å². The molecule has 0 aliphatic carbocycles. The van der Waals surface area contributed by atoms with Gasteiger partial charge in [-0.3, -0.25) is 4.98 Å². The number of pyridine rings is 2. The highest BCUT2D eigenvalue weighted by Crippen LogP contribution is 2.41. The van der Waals surface area contributed by atoms with E-state index in [1.165, 1.54) is 27.4 Å². The summed E-state index contributed by atoms with van der Waals surface area (Å²) in [5, 5.41) is 3.59. The standard InChI is InChI=1S/C46H30N4/c1-4-14-31(15-5-1)40-29-35(30-41(48-40)32-16-6-2-7-17-32)49-43-24-13-27-47-45(43)39-26-25-33(28-44(39)49)36-21-12-22-38-37-20-10-11-23-42(37)50(46(36)38)34-18-8-3-9-19-34/h1-30H. The summed E-state index contributed by atoms with van der Waals surface area (Å²) in [6, 6.07) is 62.3. The largest absolute Gasteiger partial charge is 0.309 e. The highest BCUT2D eigenvalue weighted by molar-refractivity contribution is 6.15. The van der Waals surface area contributed by atoms with Gasteiger partial charge in [-0.1, -0.05) is 121 Å². The van der Waals surface area contributed by atoms with Crippen molar-refractivity contribution in [2.75, 3.05) is 0 Å². The number of para-hydroxylation sites is 3. The van der Waals surface area contributed by atoms with Crippen molar-refractivity contribution in [3.8, 4) is 45.0 Å². The maximum atomic E-state index is 5.17. The lowest BCUT2D eigenvalue weighted by atomic mass is 10.0. The van der Waals surface area contributed by atoms with Gasteiger partial charge in [0.15, 0.2) is 0 Å². The van der Waals surface area contributed by atoms with Crippen molar-refractivity contribution >= 4 is 43.7 Å². The summed E-state index contributed by atoms with van der Waals surface area (Å²) in [6.45, 7) is 0. The molecule has 4 nitrogen and oxygen atoms in total. The minimum Gasteiger partial charge on any atom is -0.309 e. The maximum absolute atomic E-state index is 5.17. The van der Waals surface area contributed by atoms with Crippen LogP contribution in [-0.2, 0) is 0 Å². The first-order chi connectivity index (χ1) is 24.8. The van der Waals surface area contributed by atoms with Gasteiger partial charge in [0.25, 0.3) is 0 Å². The third-order valence-corrected chi connectivity index (χ3v) is 9.75. The molecule has 0 spiro atoms. The summed E-state index contributed by atoms with van der Waals surface area (Å²) in [5.74, 6) is 0. The van der Waals surface area contributed by atoms with Gasteiger partial charge in [-0.15, -0.1) is 0 Å². The molecular formula is C46H30N4. The van der Waals surface area contributed by atoms with Crippen molar-refractivity contribution < 1.29 is 0 Å². The zero-order chi connectivity index (χ0) is 33.0. The van der Waals surface area contributed by atoms with Crippen LogP contribution in [0.1, 0.15) is 0 Å². The number of aromatic nitrogens is 4. The van der Waals surface area contributed by atoms with Crippen LogP contribution in [0.15, 0.2) is 182 Å². The van der Waals surface area contributed by atoms with E-state index in [0.717, 1.165) is 61.4 Å². The lowest BCUT2D eigenvalue weighted by molar-refractivity contribution is 1.15. The normalized spacial score (nSPS) is 11.6. The zero-order valence-corrected chi connectivity index (χ0v) is 27.1.